The summed E-state index contributed by atoms with van der Waals surface area (Å²) in [6.45, 7) is 0. The van der Waals surface area contributed by atoms with Crippen LogP contribution in [0.3, 0.4) is 0 Å². The molecule has 1 N–H and O–H groups in total. The van der Waals surface area contributed by atoms with Crippen LogP contribution >= 0.6 is 0 Å². The maximum Gasteiger partial charge on any atom is 0.0787 e. The molecule has 3 aliphatic carbocycles. The maximum atomic E-state index is 10.9. The van der Waals surface area contributed by atoms with Crippen molar-refractivity contribution in [3.8, 4) is 0 Å². The molecule has 1 aromatic rings. The average molecular weight is 282 g/mol. The number of benzene rings is 1. The molecule has 0 aliphatic heterocycles. The van der Waals surface area contributed by atoms with E-state index in [9.17, 15) is 5.11 Å². The van der Waals surface area contributed by atoms with Crippen LogP contribution in [0.2, 0.25) is 0 Å². The molecule has 0 amide bonds. The van der Waals surface area contributed by atoms with Gasteiger partial charge in [-0.3, -0.25) is 0 Å². The van der Waals surface area contributed by atoms with Crippen LogP contribution in [0.4, 0.5) is 0 Å². The van der Waals surface area contributed by atoms with Gasteiger partial charge in [-0.05, 0) is 73.0 Å². The molecule has 0 radical (unpaired) electrons. The van der Waals surface area contributed by atoms with E-state index in [1.807, 2.05) is 0 Å². The van der Waals surface area contributed by atoms with Gasteiger partial charge in [0.1, 0.15) is 0 Å². The summed E-state index contributed by atoms with van der Waals surface area (Å²) >= 11 is 0. The van der Waals surface area contributed by atoms with Crippen molar-refractivity contribution in [2.24, 2.45) is 11.8 Å². The van der Waals surface area contributed by atoms with Crippen LogP contribution in [0.25, 0.3) is 0 Å². The molecule has 4 unspecified atom stereocenters. The van der Waals surface area contributed by atoms with Crippen molar-refractivity contribution in [2.75, 3.05) is 0 Å². The molecular formula is C20H26O. The number of hydrogen-bond acceptors (Lipinski definition) is 1. The van der Waals surface area contributed by atoms with Gasteiger partial charge < -0.3 is 5.11 Å². The third-order valence-corrected chi connectivity index (χ3v) is 5.96. The number of aliphatic hydroxyl groups is 1. The lowest BCUT2D eigenvalue weighted by Gasteiger charge is -2.18. The van der Waals surface area contributed by atoms with Crippen molar-refractivity contribution in [1.29, 1.82) is 0 Å². The summed E-state index contributed by atoms with van der Waals surface area (Å²) in [4.78, 5) is 0. The fraction of sp³-hybridized carbons (Fsp3) is 0.600. The zero-order valence-corrected chi connectivity index (χ0v) is 12.8. The van der Waals surface area contributed by atoms with Crippen molar-refractivity contribution in [2.45, 2.75) is 63.4 Å². The first-order valence-electron chi connectivity index (χ1n) is 8.81. The Morgan fingerprint density at radius 2 is 1.86 bits per heavy atom. The minimum absolute atomic E-state index is 0.177. The summed E-state index contributed by atoms with van der Waals surface area (Å²) < 4.78 is 0. The Morgan fingerprint density at radius 3 is 2.81 bits per heavy atom. The predicted octanol–water partition coefficient (Wildman–Crippen LogP) is 4.60. The zero-order chi connectivity index (χ0) is 14.2. The van der Waals surface area contributed by atoms with Crippen LogP contribution in [-0.4, -0.2) is 11.2 Å². The summed E-state index contributed by atoms with van der Waals surface area (Å²) in [6, 6.07) is 8.90. The second-order valence-electron chi connectivity index (χ2n) is 7.18. The highest BCUT2D eigenvalue weighted by Crippen LogP contribution is 2.62. The Balaban J connectivity index is 1.53. The van der Waals surface area contributed by atoms with Gasteiger partial charge in [-0.2, -0.15) is 0 Å². The molecule has 1 nitrogen and oxygen atoms in total. The van der Waals surface area contributed by atoms with E-state index in [1.165, 1.54) is 61.6 Å². The summed E-state index contributed by atoms with van der Waals surface area (Å²) in [5.74, 6) is 1.87. The average Bonchev–Trinajstić information content (AvgIpc) is 3.21. The molecule has 3 aliphatic rings. The summed E-state index contributed by atoms with van der Waals surface area (Å²) in [6.07, 6.45) is 12.2. The van der Waals surface area contributed by atoms with Crippen molar-refractivity contribution in [1.82, 2.24) is 0 Å². The first-order valence-corrected chi connectivity index (χ1v) is 8.81. The van der Waals surface area contributed by atoms with Crippen molar-refractivity contribution < 1.29 is 5.11 Å². The molecule has 0 saturated heterocycles. The molecule has 0 heterocycles. The van der Waals surface area contributed by atoms with Gasteiger partial charge in [-0.1, -0.05) is 43.2 Å². The molecule has 0 spiro atoms. The largest absolute Gasteiger partial charge is 0.388 e. The molecule has 1 fully saturated rings. The van der Waals surface area contributed by atoms with Crippen LogP contribution in [0, 0.1) is 11.8 Å². The summed E-state index contributed by atoms with van der Waals surface area (Å²) in [7, 11) is 0. The SMILES string of the molecule is OC(/C1=C/CCCCCC1)C1C2CCc3ccccc3C21. The quantitative estimate of drug-likeness (QED) is 0.786. The number of allylic oxidation sites excluding steroid dienone is 1. The van der Waals surface area contributed by atoms with E-state index in [-0.39, 0.29) is 6.10 Å². The summed E-state index contributed by atoms with van der Waals surface area (Å²) in [5, 5.41) is 10.9. The fourth-order valence-electron chi connectivity index (χ4n) is 4.78. The van der Waals surface area contributed by atoms with E-state index in [0.29, 0.717) is 11.8 Å². The zero-order valence-electron chi connectivity index (χ0n) is 12.8. The molecule has 1 heteroatoms. The molecular weight excluding hydrogens is 256 g/mol. The maximum absolute atomic E-state index is 10.9. The number of hydrogen-bond donors (Lipinski definition) is 1. The number of rotatable bonds is 2. The van der Waals surface area contributed by atoms with E-state index < -0.39 is 0 Å². The highest BCUT2D eigenvalue weighted by molar-refractivity contribution is 5.41. The smallest absolute Gasteiger partial charge is 0.0787 e. The fourth-order valence-corrected chi connectivity index (χ4v) is 4.78. The van der Waals surface area contributed by atoms with Gasteiger partial charge in [0.15, 0.2) is 0 Å². The van der Waals surface area contributed by atoms with E-state index in [1.54, 1.807) is 0 Å². The molecule has 4 atom stereocenters. The normalized spacial score (nSPS) is 35.5. The number of fused-ring (bicyclic) bond motifs is 3. The van der Waals surface area contributed by atoms with Crippen LogP contribution in [-0.2, 0) is 6.42 Å². The molecule has 112 valence electrons. The molecule has 4 rings (SSSR count). The van der Waals surface area contributed by atoms with Gasteiger partial charge >= 0.3 is 0 Å². The molecule has 21 heavy (non-hydrogen) atoms. The van der Waals surface area contributed by atoms with Gasteiger partial charge in [0.2, 0.25) is 0 Å². The molecule has 1 saturated carbocycles. The Kier molecular flexibility index (Phi) is 3.62. The Labute approximate surface area is 128 Å². The minimum Gasteiger partial charge on any atom is -0.388 e. The van der Waals surface area contributed by atoms with Crippen LogP contribution < -0.4 is 0 Å². The van der Waals surface area contributed by atoms with Crippen molar-refractivity contribution in [3.63, 3.8) is 0 Å². The van der Waals surface area contributed by atoms with Gasteiger partial charge in [-0.15, -0.1) is 0 Å². The molecule has 1 aromatic carbocycles. The topological polar surface area (TPSA) is 20.2 Å². The molecule has 0 aromatic heterocycles. The molecule has 0 bridgehead atoms. The lowest BCUT2D eigenvalue weighted by atomic mass is 9.91. The lowest BCUT2D eigenvalue weighted by Crippen LogP contribution is -2.15. The highest BCUT2D eigenvalue weighted by Gasteiger charge is 2.56. The van der Waals surface area contributed by atoms with Crippen molar-refractivity contribution >= 4 is 0 Å². The Hall–Kier alpha value is -1.08. The van der Waals surface area contributed by atoms with Gasteiger partial charge in [0.25, 0.3) is 0 Å². The third kappa shape index (κ3) is 2.46. The van der Waals surface area contributed by atoms with E-state index >= 15 is 0 Å². The minimum atomic E-state index is -0.177. The Bertz CT molecular complexity index is 545. The van der Waals surface area contributed by atoms with E-state index in [4.69, 9.17) is 0 Å². The second kappa shape index (κ2) is 5.61. The first kappa shape index (κ1) is 13.6. The van der Waals surface area contributed by atoms with E-state index in [0.717, 1.165) is 12.3 Å². The standard InChI is InChI=1S/C20H26O/c21-20(15-9-4-2-1-3-5-10-15)19-17-13-12-14-8-6-7-11-16(14)18(17)19/h6-9,11,17-21H,1-5,10,12-13H2/b15-9+. The monoisotopic (exact) mass is 282 g/mol. The third-order valence-electron chi connectivity index (χ3n) is 5.96. The Morgan fingerprint density at radius 1 is 1.00 bits per heavy atom. The van der Waals surface area contributed by atoms with Gasteiger partial charge in [0, 0.05) is 0 Å². The van der Waals surface area contributed by atoms with Crippen molar-refractivity contribution in [3.05, 3.63) is 47.0 Å². The predicted molar refractivity (Wildman–Crippen MR) is 86.3 cm³/mol. The van der Waals surface area contributed by atoms with Gasteiger partial charge in [-0.25, -0.2) is 0 Å². The highest BCUT2D eigenvalue weighted by atomic mass is 16.3. The van der Waals surface area contributed by atoms with Crippen LogP contribution in [0.5, 0.6) is 0 Å². The number of aliphatic hydroxyl groups excluding tert-OH is 1. The first-order chi connectivity index (χ1) is 10.4. The summed E-state index contributed by atoms with van der Waals surface area (Å²) in [5.41, 5.74) is 4.41. The lowest BCUT2D eigenvalue weighted by molar-refractivity contribution is 0.172. The van der Waals surface area contributed by atoms with Crippen LogP contribution in [0.15, 0.2) is 35.9 Å². The van der Waals surface area contributed by atoms with E-state index in [2.05, 4.69) is 30.3 Å². The number of aryl methyl sites for hydroxylation is 1. The van der Waals surface area contributed by atoms with Gasteiger partial charge in [0.05, 0.1) is 6.10 Å². The second-order valence-corrected chi connectivity index (χ2v) is 7.18. The van der Waals surface area contributed by atoms with Crippen LogP contribution in [0.1, 0.15) is 62.0 Å².